The Labute approximate surface area is 178 Å². The molecule has 1 amide bonds. The molecule has 156 valence electrons. The average Bonchev–Trinajstić information content (AvgIpc) is 3.24. The van der Waals surface area contributed by atoms with Crippen molar-refractivity contribution in [1.82, 2.24) is 9.80 Å². The predicted molar refractivity (Wildman–Crippen MR) is 113 cm³/mol. The van der Waals surface area contributed by atoms with Gasteiger partial charge in [-0.3, -0.25) is 9.69 Å². The van der Waals surface area contributed by atoms with E-state index in [-0.39, 0.29) is 24.1 Å². The summed E-state index contributed by atoms with van der Waals surface area (Å²) >= 11 is 1.37. The highest BCUT2D eigenvalue weighted by atomic mass is 32.1. The number of rotatable bonds is 6. The Morgan fingerprint density at radius 2 is 1.67 bits per heavy atom. The first-order valence-electron chi connectivity index (χ1n) is 9.80. The van der Waals surface area contributed by atoms with Gasteiger partial charge in [-0.2, -0.15) is 0 Å². The van der Waals surface area contributed by atoms with Crippen molar-refractivity contribution in [2.75, 3.05) is 26.2 Å². The molecule has 2 aromatic carbocycles. The SMILES string of the molecule is O=C(c1cc(COc2ccccc2F)cs1)N1CCN(Cc2ccccc2F)CC1. The summed E-state index contributed by atoms with van der Waals surface area (Å²) in [5, 5.41) is 1.86. The largest absolute Gasteiger partial charge is 0.486 e. The second-order valence-corrected chi connectivity index (χ2v) is 8.11. The van der Waals surface area contributed by atoms with Crippen LogP contribution in [0.25, 0.3) is 0 Å². The van der Waals surface area contributed by atoms with E-state index in [4.69, 9.17) is 4.74 Å². The zero-order chi connectivity index (χ0) is 20.9. The van der Waals surface area contributed by atoms with E-state index in [2.05, 4.69) is 4.90 Å². The van der Waals surface area contributed by atoms with Gasteiger partial charge in [-0.05, 0) is 29.6 Å². The fourth-order valence-electron chi connectivity index (χ4n) is 3.42. The molecule has 1 fully saturated rings. The standard InChI is InChI=1S/C23H22F2N2O2S/c24-19-6-2-1-5-18(19)14-26-9-11-27(12-10-26)23(28)22-13-17(16-30-22)15-29-21-8-4-3-7-20(21)25/h1-8,13,16H,9-12,14-15H2. The number of halogens is 2. The molecule has 1 aliphatic heterocycles. The quantitative estimate of drug-likeness (QED) is 0.577. The van der Waals surface area contributed by atoms with E-state index in [9.17, 15) is 13.6 Å². The van der Waals surface area contributed by atoms with Crippen LogP contribution in [0, 0.1) is 11.6 Å². The summed E-state index contributed by atoms with van der Waals surface area (Å²) in [6.07, 6.45) is 0. The molecule has 2 heterocycles. The van der Waals surface area contributed by atoms with Crippen LogP contribution >= 0.6 is 11.3 Å². The molecular weight excluding hydrogens is 406 g/mol. The van der Waals surface area contributed by atoms with Crippen LogP contribution in [0.4, 0.5) is 8.78 Å². The lowest BCUT2D eigenvalue weighted by atomic mass is 10.2. The van der Waals surface area contributed by atoms with E-state index in [1.165, 1.54) is 23.5 Å². The molecule has 4 nitrogen and oxygen atoms in total. The minimum Gasteiger partial charge on any atom is -0.486 e. The lowest BCUT2D eigenvalue weighted by Gasteiger charge is -2.34. The summed E-state index contributed by atoms with van der Waals surface area (Å²) in [5.41, 5.74) is 1.51. The van der Waals surface area contributed by atoms with E-state index >= 15 is 0 Å². The minimum absolute atomic E-state index is 0.0114. The molecule has 0 bridgehead atoms. The molecule has 0 radical (unpaired) electrons. The lowest BCUT2D eigenvalue weighted by molar-refractivity contribution is 0.0631. The van der Waals surface area contributed by atoms with Crippen molar-refractivity contribution >= 4 is 17.2 Å². The summed E-state index contributed by atoms with van der Waals surface area (Å²) in [5.74, 6) is -0.415. The van der Waals surface area contributed by atoms with Gasteiger partial charge in [0.25, 0.3) is 5.91 Å². The number of hydrogen-bond acceptors (Lipinski definition) is 4. The van der Waals surface area contributed by atoms with E-state index in [0.717, 1.165) is 5.56 Å². The average molecular weight is 429 g/mol. The monoisotopic (exact) mass is 428 g/mol. The van der Waals surface area contributed by atoms with Crippen molar-refractivity contribution in [1.29, 1.82) is 0 Å². The first-order valence-corrected chi connectivity index (χ1v) is 10.7. The number of benzene rings is 2. The van der Waals surface area contributed by atoms with Gasteiger partial charge in [-0.1, -0.05) is 30.3 Å². The molecule has 30 heavy (non-hydrogen) atoms. The van der Waals surface area contributed by atoms with Gasteiger partial charge in [0.1, 0.15) is 12.4 Å². The number of ether oxygens (including phenoxy) is 1. The Kier molecular flexibility index (Phi) is 6.40. The Morgan fingerprint density at radius 1 is 0.967 bits per heavy atom. The summed E-state index contributed by atoms with van der Waals surface area (Å²) in [4.78, 5) is 17.4. The Bertz CT molecular complexity index is 1020. The van der Waals surface area contributed by atoms with Crippen molar-refractivity contribution in [3.05, 3.63) is 87.6 Å². The van der Waals surface area contributed by atoms with Gasteiger partial charge in [0.05, 0.1) is 4.88 Å². The van der Waals surface area contributed by atoms with Crippen LogP contribution in [-0.4, -0.2) is 41.9 Å². The molecule has 0 unspecified atom stereocenters. The molecule has 0 saturated carbocycles. The maximum absolute atomic E-state index is 13.8. The van der Waals surface area contributed by atoms with E-state index in [0.29, 0.717) is 43.2 Å². The first kappa shape index (κ1) is 20.5. The molecule has 1 aromatic heterocycles. The van der Waals surface area contributed by atoms with Crippen molar-refractivity contribution < 1.29 is 18.3 Å². The van der Waals surface area contributed by atoms with E-state index < -0.39 is 5.82 Å². The Balaban J connectivity index is 1.29. The molecule has 0 N–H and O–H groups in total. The van der Waals surface area contributed by atoms with E-state index in [1.807, 2.05) is 16.3 Å². The van der Waals surface area contributed by atoms with Crippen LogP contribution in [0.15, 0.2) is 60.0 Å². The van der Waals surface area contributed by atoms with Crippen LogP contribution in [-0.2, 0) is 13.2 Å². The van der Waals surface area contributed by atoms with Crippen LogP contribution in [0.1, 0.15) is 20.8 Å². The molecule has 4 rings (SSSR count). The number of para-hydroxylation sites is 1. The van der Waals surface area contributed by atoms with Crippen LogP contribution in [0.3, 0.4) is 0 Å². The molecule has 3 aromatic rings. The highest BCUT2D eigenvalue weighted by Gasteiger charge is 2.23. The highest BCUT2D eigenvalue weighted by Crippen LogP contribution is 2.22. The fourth-order valence-corrected chi connectivity index (χ4v) is 4.28. The van der Waals surface area contributed by atoms with Crippen LogP contribution in [0.2, 0.25) is 0 Å². The third-order valence-electron chi connectivity index (χ3n) is 5.11. The molecule has 0 atom stereocenters. The maximum atomic E-state index is 13.8. The minimum atomic E-state index is -0.405. The smallest absolute Gasteiger partial charge is 0.264 e. The number of thiophene rings is 1. The normalized spacial score (nSPS) is 14.7. The van der Waals surface area contributed by atoms with Crippen molar-refractivity contribution in [2.24, 2.45) is 0 Å². The van der Waals surface area contributed by atoms with Gasteiger partial charge in [-0.25, -0.2) is 8.78 Å². The molecule has 1 saturated heterocycles. The summed E-state index contributed by atoms with van der Waals surface area (Å²) in [7, 11) is 0. The summed E-state index contributed by atoms with van der Waals surface area (Å²) < 4.78 is 33.0. The zero-order valence-electron chi connectivity index (χ0n) is 16.4. The summed E-state index contributed by atoms with van der Waals surface area (Å²) in [6, 6.07) is 14.8. The van der Waals surface area contributed by atoms with Crippen LogP contribution < -0.4 is 4.74 Å². The molecule has 1 aliphatic rings. The number of carbonyl (C=O) groups is 1. The van der Waals surface area contributed by atoms with Gasteiger partial charge in [0, 0.05) is 43.9 Å². The molecular formula is C23H22F2N2O2S. The first-order chi connectivity index (χ1) is 14.6. The predicted octanol–water partition coefficient (Wildman–Crippen LogP) is 4.56. The number of nitrogens with zero attached hydrogens (tertiary/aromatic N) is 2. The Morgan fingerprint density at radius 3 is 2.40 bits per heavy atom. The molecule has 0 aliphatic carbocycles. The van der Waals surface area contributed by atoms with Gasteiger partial charge in [-0.15, -0.1) is 11.3 Å². The van der Waals surface area contributed by atoms with Crippen LogP contribution in [0.5, 0.6) is 5.75 Å². The topological polar surface area (TPSA) is 32.8 Å². The number of hydrogen-bond donors (Lipinski definition) is 0. The second kappa shape index (κ2) is 9.36. The second-order valence-electron chi connectivity index (χ2n) is 7.20. The number of piperazine rings is 1. The third-order valence-corrected chi connectivity index (χ3v) is 6.07. The number of amides is 1. The molecule has 0 spiro atoms. The van der Waals surface area contributed by atoms with Crippen molar-refractivity contribution in [3.63, 3.8) is 0 Å². The fraction of sp³-hybridized carbons (Fsp3) is 0.261. The third kappa shape index (κ3) is 4.86. The van der Waals surface area contributed by atoms with Gasteiger partial charge < -0.3 is 9.64 Å². The maximum Gasteiger partial charge on any atom is 0.264 e. The van der Waals surface area contributed by atoms with Crippen molar-refractivity contribution in [2.45, 2.75) is 13.2 Å². The number of carbonyl (C=O) groups excluding carboxylic acids is 1. The summed E-state index contributed by atoms with van der Waals surface area (Å²) in [6.45, 7) is 3.37. The van der Waals surface area contributed by atoms with Gasteiger partial charge >= 0.3 is 0 Å². The van der Waals surface area contributed by atoms with E-state index in [1.54, 1.807) is 36.4 Å². The molecule has 7 heteroatoms. The zero-order valence-corrected chi connectivity index (χ0v) is 17.2. The van der Waals surface area contributed by atoms with Gasteiger partial charge in [0.2, 0.25) is 0 Å². The van der Waals surface area contributed by atoms with Crippen molar-refractivity contribution in [3.8, 4) is 5.75 Å². The van der Waals surface area contributed by atoms with Gasteiger partial charge in [0.15, 0.2) is 11.6 Å². The Hall–Kier alpha value is -2.77. The highest BCUT2D eigenvalue weighted by molar-refractivity contribution is 7.12. The lowest BCUT2D eigenvalue weighted by Crippen LogP contribution is -2.48.